The van der Waals surface area contributed by atoms with Gasteiger partial charge in [-0.1, -0.05) is 11.6 Å². The number of esters is 1. The number of hydrogen-bond donors (Lipinski definition) is 0. The van der Waals surface area contributed by atoms with Gasteiger partial charge in [0.05, 0.1) is 29.3 Å². The fourth-order valence-electron chi connectivity index (χ4n) is 1.30. The molecule has 0 aliphatic rings. The topological polar surface area (TPSA) is 39.2 Å². The Balaban J connectivity index is 3.35. The van der Waals surface area contributed by atoms with Crippen LogP contribution in [0.5, 0.6) is 0 Å². The van der Waals surface area contributed by atoms with E-state index in [-0.39, 0.29) is 28.9 Å². The van der Waals surface area contributed by atoms with Gasteiger partial charge in [-0.2, -0.15) is 0 Å². The van der Waals surface area contributed by atoms with E-state index in [1.54, 1.807) is 6.92 Å². The molecule has 0 aromatic carbocycles. The van der Waals surface area contributed by atoms with Crippen LogP contribution in [-0.4, -0.2) is 17.6 Å². The highest BCUT2D eigenvalue weighted by molar-refractivity contribution is 6.29. The molecule has 0 unspecified atom stereocenters. The molecule has 17 heavy (non-hydrogen) atoms. The lowest BCUT2D eigenvalue weighted by Crippen LogP contribution is -2.12. The van der Waals surface area contributed by atoms with Crippen LogP contribution in [0.25, 0.3) is 0 Å². The van der Waals surface area contributed by atoms with E-state index in [1.165, 1.54) is 0 Å². The molecule has 3 nitrogen and oxygen atoms in total. The quantitative estimate of drug-likeness (QED) is 0.482. The first kappa shape index (κ1) is 14.1. The first-order valence-electron chi connectivity index (χ1n) is 4.71. The van der Waals surface area contributed by atoms with E-state index < -0.39 is 18.0 Å². The second kappa shape index (κ2) is 6.12. The molecule has 0 saturated heterocycles. The maximum Gasteiger partial charge on any atom is 0.338 e. The summed E-state index contributed by atoms with van der Waals surface area (Å²) in [7, 11) is 0. The Morgan fingerprint density at radius 2 is 2.24 bits per heavy atom. The van der Waals surface area contributed by atoms with Crippen LogP contribution in [0.4, 0.5) is 8.78 Å². The molecule has 1 rings (SSSR count). The van der Waals surface area contributed by atoms with Gasteiger partial charge in [0, 0.05) is 0 Å². The SMILES string of the molecule is CCOC(=O)c1cc(Cl)nc(CCl)c1C(F)F. The molecule has 0 aliphatic carbocycles. The highest BCUT2D eigenvalue weighted by Crippen LogP contribution is 2.29. The molecule has 0 spiro atoms. The van der Waals surface area contributed by atoms with Crippen LogP contribution in [-0.2, 0) is 10.6 Å². The van der Waals surface area contributed by atoms with Gasteiger partial charge in [-0.25, -0.2) is 18.6 Å². The highest BCUT2D eigenvalue weighted by atomic mass is 35.5. The number of nitrogens with zero attached hydrogens (tertiary/aromatic N) is 1. The molecule has 0 aliphatic heterocycles. The predicted molar refractivity (Wildman–Crippen MR) is 59.7 cm³/mol. The third-order valence-electron chi connectivity index (χ3n) is 1.95. The molecular weight excluding hydrogens is 275 g/mol. The van der Waals surface area contributed by atoms with Crippen molar-refractivity contribution < 1.29 is 18.3 Å². The van der Waals surface area contributed by atoms with Crippen LogP contribution in [0.2, 0.25) is 5.15 Å². The zero-order valence-corrected chi connectivity index (χ0v) is 10.4. The third kappa shape index (κ3) is 3.26. The fourth-order valence-corrected chi connectivity index (χ4v) is 1.71. The lowest BCUT2D eigenvalue weighted by molar-refractivity contribution is 0.0514. The molecule has 1 aromatic rings. The van der Waals surface area contributed by atoms with Crippen LogP contribution >= 0.6 is 23.2 Å². The molecule has 0 bridgehead atoms. The summed E-state index contributed by atoms with van der Waals surface area (Å²) in [6.45, 7) is 1.66. The predicted octanol–water partition coefficient (Wildman–Crippen LogP) is 3.59. The van der Waals surface area contributed by atoms with Crippen molar-refractivity contribution in [1.29, 1.82) is 0 Å². The Hall–Kier alpha value is -0.940. The van der Waals surface area contributed by atoms with Crippen LogP contribution in [0, 0.1) is 0 Å². The maximum atomic E-state index is 12.9. The van der Waals surface area contributed by atoms with Gasteiger partial charge in [0.25, 0.3) is 6.43 Å². The number of aromatic nitrogens is 1. The summed E-state index contributed by atoms with van der Waals surface area (Å²) in [6, 6.07) is 1.05. The fraction of sp³-hybridized carbons (Fsp3) is 0.400. The minimum Gasteiger partial charge on any atom is -0.462 e. The van der Waals surface area contributed by atoms with Gasteiger partial charge >= 0.3 is 5.97 Å². The molecule has 0 radical (unpaired) electrons. The summed E-state index contributed by atoms with van der Waals surface area (Å²) in [5.74, 6) is -1.12. The lowest BCUT2D eigenvalue weighted by Gasteiger charge is -2.11. The average molecular weight is 284 g/mol. The van der Waals surface area contributed by atoms with Crippen molar-refractivity contribution in [2.24, 2.45) is 0 Å². The molecular formula is C10H9Cl2F2NO2. The largest absolute Gasteiger partial charge is 0.462 e. The summed E-state index contributed by atoms with van der Waals surface area (Å²) >= 11 is 11.1. The molecule has 0 N–H and O–H groups in total. The number of ether oxygens (including phenoxy) is 1. The number of alkyl halides is 3. The van der Waals surface area contributed by atoms with E-state index in [2.05, 4.69) is 9.72 Å². The second-order valence-electron chi connectivity index (χ2n) is 3.01. The molecule has 1 heterocycles. The van der Waals surface area contributed by atoms with Gasteiger partial charge in [-0.3, -0.25) is 0 Å². The third-order valence-corrected chi connectivity index (χ3v) is 2.39. The summed E-state index contributed by atoms with van der Waals surface area (Å²) in [6.07, 6.45) is -2.87. The van der Waals surface area contributed by atoms with Crippen molar-refractivity contribution in [1.82, 2.24) is 4.98 Å². The Labute approximate surface area is 107 Å². The minimum absolute atomic E-state index is 0.0758. The molecule has 0 fully saturated rings. The van der Waals surface area contributed by atoms with Crippen molar-refractivity contribution >= 4 is 29.2 Å². The summed E-state index contributed by atoms with van der Waals surface area (Å²) in [4.78, 5) is 15.2. The Bertz CT molecular complexity index is 427. The van der Waals surface area contributed by atoms with E-state index in [4.69, 9.17) is 23.2 Å². The number of pyridine rings is 1. The molecule has 0 saturated carbocycles. The van der Waals surface area contributed by atoms with Gasteiger partial charge < -0.3 is 4.74 Å². The first-order chi connectivity index (χ1) is 8.01. The standard InChI is InChI=1S/C10H9Cl2F2NO2/c1-2-17-10(16)5-3-7(12)15-6(4-11)8(5)9(13)14/h3,9H,2,4H2,1H3. The van der Waals surface area contributed by atoms with Gasteiger partial charge in [0.2, 0.25) is 0 Å². The number of rotatable bonds is 4. The van der Waals surface area contributed by atoms with Crippen molar-refractivity contribution in [2.45, 2.75) is 19.2 Å². The van der Waals surface area contributed by atoms with E-state index in [0.717, 1.165) is 6.07 Å². The molecule has 7 heteroatoms. The van der Waals surface area contributed by atoms with Crippen LogP contribution in [0.1, 0.15) is 35.0 Å². The van der Waals surface area contributed by atoms with Crippen molar-refractivity contribution in [3.8, 4) is 0 Å². The Morgan fingerprint density at radius 3 is 2.71 bits per heavy atom. The highest BCUT2D eigenvalue weighted by Gasteiger charge is 2.24. The van der Waals surface area contributed by atoms with E-state index in [1.807, 2.05) is 0 Å². The number of carbonyl (C=O) groups is 1. The first-order valence-corrected chi connectivity index (χ1v) is 5.63. The molecule has 1 aromatic heterocycles. The molecule has 0 atom stereocenters. The van der Waals surface area contributed by atoms with Gasteiger partial charge in [0.15, 0.2) is 0 Å². The van der Waals surface area contributed by atoms with Crippen molar-refractivity contribution in [2.75, 3.05) is 6.61 Å². The minimum atomic E-state index is -2.87. The van der Waals surface area contributed by atoms with Crippen LogP contribution in [0.3, 0.4) is 0 Å². The van der Waals surface area contributed by atoms with E-state index >= 15 is 0 Å². The smallest absolute Gasteiger partial charge is 0.338 e. The van der Waals surface area contributed by atoms with E-state index in [9.17, 15) is 13.6 Å². The van der Waals surface area contributed by atoms with Crippen LogP contribution in [0.15, 0.2) is 6.07 Å². The average Bonchev–Trinajstić information content (AvgIpc) is 2.27. The van der Waals surface area contributed by atoms with Crippen molar-refractivity contribution in [3.63, 3.8) is 0 Å². The summed E-state index contributed by atoms with van der Waals surface area (Å²) < 4.78 is 30.4. The Morgan fingerprint density at radius 1 is 1.59 bits per heavy atom. The lowest BCUT2D eigenvalue weighted by atomic mass is 10.1. The van der Waals surface area contributed by atoms with E-state index in [0.29, 0.717) is 0 Å². The zero-order valence-electron chi connectivity index (χ0n) is 8.84. The second-order valence-corrected chi connectivity index (χ2v) is 3.66. The molecule has 0 amide bonds. The molecule has 94 valence electrons. The van der Waals surface area contributed by atoms with Gasteiger partial charge in [-0.15, -0.1) is 11.6 Å². The number of hydrogen-bond acceptors (Lipinski definition) is 3. The maximum absolute atomic E-state index is 12.9. The normalized spacial score (nSPS) is 10.7. The summed E-state index contributed by atoms with van der Waals surface area (Å²) in [5, 5.41) is -0.0758. The van der Waals surface area contributed by atoms with Gasteiger partial charge in [0.1, 0.15) is 5.15 Å². The number of carbonyl (C=O) groups excluding carboxylic acids is 1. The zero-order chi connectivity index (χ0) is 13.0. The summed E-state index contributed by atoms with van der Waals surface area (Å²) in [5.41, 5.74) is -0.933. The van der Waals surface area contributed by atoms with Gasteiger partial charge in [-0.05, 0) is 13.0 Å². The monoisotopic (exact) mass is 283 g/mol. The van der Waals surface area contributed by atoms with Crippen LogP contribution < -0.4 is 0 Å². The Kier molecular flexibility index (Phi) is 5.08. The van der Waals surface area contributed by atoms with Crippen molar-refractivity contribution in [3.05, 3.63) is 28.0 Å². The number of halogens is 4.